The van der Waals surface area contributed by atoms with Crippen molar-refractivity contribution in [2.45, 2.75) is 31.7 Å². The van der Waals surface area contributed by atoms with E-state index in [-0.39, 0.29) is 23.8 Å². The van der Waals surface area contributed by atoms with Crippen LogP contribution in [0.4, 0.5) is 4.79 Å². The lowest BCUT2D eigenvalue weighted by Crippen LogP contribution is -2.41. The van der Waals surface area contributed by atoms with E-state index in [0.717, 1.165) is 25.7 Å². The van der Waals surface area contributed by atoms with Gasteiger partial charge in [0, 0.05) is 12.5 Å². The highest BCUT2D eigenvalue weighted by molar-refractivity contribution is 5.91. The van der Waals surface area contributed by atoms with Crippen LogP contribution < -0.4 is 0 Å². The molecule has 0 aromatic rings. The summed E-state index contributed by atoms with van der Waals surface area (Å²) >= 11 is 0. The minimum atomic E-state index is -0.360. The molecular formula is C10H15NO3. The van der Waals surface area contributed by atoms with Crippen LogP contribution in [-0.4, -0.2) is 36.5 Å². The average molecular weight is 197 g/mol. The predicted octanol–water partition coefficient (Wildman–Crippen LogP) is 1.20. The van der Waals surface area contributed by atoms with Crippen molar-refractivity contribution in [3.8, 4) is 0 Å². The van der Waals surface area contributed by atoms with E-state index < -0.39 is 0 Å². The van der Waals surface area contributed by atoms with Crippen LogP contribution in [0.25, 0.3) is 0 Å². The first kappa shape index (κ1) is 9.49. The molecule has 0 aromatic carbocycles. The normalized spacial score (nSPS) is 26.4. The fourth-order valence-corrected chi connectivity index (χ4v) is 2.04. The molecule has 1 unspecified atom stereocenters. The summed E-state index contributed by atoms with van der Waals surface area (Å²) in [5.74, 6) is 0.471. The van der Waals surface area contributed by atoms with Crippen molar-refractivity contribution in [1.29, 1.82) is 0 Å². The zero-order chi connectivity index (χ0) is 10.1. The zero-order valence-corrected chi connectivity index (χ0v) is 8.36. The van der Waals surface area contributed by atoms with Gasteiger partial charge in [0.15, 0.2) is 5.78 Å². The van der Waals surface area contributed by atoms with Crippen molar-refractivity contribution in [2.75, 3.05) is 13.7 Å². The van der Waals surface area contributed by atoms with Gasteiger partial charge in [0.25, 0.3) is 0 Å². The Morgan fingerprint density at radius 3 is 2.57 bits per heavy atom. The minimum Gasteiger partial charge on any atom is -0.453 e. The number of nitrogens with zero attached hydrogens (tertiary/aromatic N) is 1. The Kier molecular flexibility index (Phi) is 2.44. The summed E-state index contributed by atoms with van der Waals surface area (Å²) in [6.07, 6.45) is 3.37. The Hall–Kier alpha value is -1.06. The van der Waals surface area contributed by atoms with Gasteiger partial charge < -0.3 is 4.74 Å². The molecule has 4 heteroatoms. The van der Waals surface area contributed by atoms with Gasteiger partial charge in [-0.2, -0.15) is 0 Å². The fourth-order valence-electron chi connectivity index (χ4n) is 2.04. The second kappa shape index (κ2) is 3.59. The van der Waals surface area contributed by atoms with Crippen LogP contribution in [0.2, 0.25) is 0 Å². The van der Waals surface area contributed by atoms with Crippen molar-refractivity contribution < 1.29 is 14.3 Å². The summed E-state index contributed by atoms with van der Waals surface area (Å²) < 4.78 is 4.65. The Morgan fingerprint density at radius 1 is 1.29 bits per heavy atom. The van der Waals surface area contributed by atoms with Crippen LogP contribution in [0.15, 0.2) is 0 Å². The van der Waals surface area contributed by atoms with E-state index in [1.54, 1.807) is 4.90 Å². The van der Waals surface area contributed by atoms with Gasteiger partial charge in [-0.15, -0.1) is 0 Å². The topological polar surface area (TPSA) is 46.6 Å². The molecule has 0 aromatic heterocycles. The number of Topliss-reactive ketones (excluding diaryl/α,β-unsaturated/α-hetero) is 1. The van der Waals surface area contributed by atoms with Crippen LogP contribution in [0, 0.1) is 5.92 Å². The highest BCUT2D eigenvalue weighted by Gasteiger charge is 2.41. The number of ether oxygens (including phenoxy) is 1. The summed E-state index contributed by atoms with van der Waals surface area (Å²) in [6.45, 7) is 0.663. The number of likely N-dealkylation sites (tertiary alicyclic amines) is 1. The van der Waals surface area contributed by atoms with Gasteiger partial charge in [-0.3, -0.25) is 9.69 Å². The highest BCUT2D eigenvalue weighted by atomic mass is 16.5. The standard InChI is InChI=1S/C10H15NO3/c1-14-10(13)11-6-2-3-8(11)9(12)7-4-5-7/h7-8H,2-6H2,1H3. The van der Waals surface area contributed by atoms with Crippen LogP contribution in [0.1, 0.15) is 25.7 Å². The van der Waals surface area contributed by atoms with Gasteiger partial charge >= 0.3 is 6.09 Å². The Bertz CT molecular complexity index is 260. The van der Waals surface area contributed by atoms with E-state index in [4.69, 9.17) is 0 Å². The minimum absolute atomic E-state index is 0.199. The van der Waals surface area contributed by atoms with Gasteiger partial charge in [-0.25, -0.2) is 4.79 Å². The Labute approximate surface area is 83.2 Å². The van der Waals surface area contributed by atoms with Crippen LogP contribution in [-0.2, 0) is 9.53 Å². The van der Waals surface area contributed by atoms with Crippen LogP contribution >= 0.6 is 0 Å². The Morgan fingerprint density at radius 2 is 2.00 bits per heavy atom. The molecule has 1 atom stereocenters. The van der Waals surface area contributed by atoms with Crippen molar-refractivity contribution >= 4 is 11.9 Å². The van der Waals surface area contributed by atoms with E-state index >= 15 is 0 Å². The van der Waals surface area contributed by atoms with Gasteiger partial charge in [0.1, 0.15) is 0 Å². The highest BCUT2D eigenvalue weighted by Crippen LogP contribution is 2.34. The lowest BCUT2D eigenvalue weighted by molar-refractivity contribution is -0.124. The second-order valence-electron chi connectivity index (χ2n) is 4.00. The molecule has 1 saturated heterocycles. The number of hydrogen-bond acceptors (Lipinski definition) is 3. The molecule has 1 aliphatic carbocycles. The van der Waals surface area contributed by atoms with E-state index in [1.165, 1.54) is 7.11 Å². The lowest BCUT2D eigenvalue weighted by atomic mass is 10.1. The van der Waals surface area contributed by atoms with Gasteiger partial charge in [0.2, 0.25) is 0 Å². The van der Waals surface area contributed by atoms with Gasteiger partial charge in [-0.1, -0.05) is 0 Å². The third-order valence-electron chi connectivity index (χ3n) is 2.97. The van der Waals surface area contributed by atoms with Crippen molar-refractivity contribution in [1.82, 2.24) is 4.90 Å². The molecule has 0 N–H and O–H groups in total. The third-order valence-corrected chi connectivity index (χ3v) is 2.97. The molecule has 14 heavy (non-hydrogen) atoms. The lowest BCUT2D eigenvalue weighted by Gasteiger charge is -2.21. The summed E-state index contributed by atoms with van der Waals surface area (Å²) in [4.78, 5) is 24.7. The predicted molar refractivity (Wildman–Crippen MR) is 49.9 cm³/mol. The fraction of sp³-hybridized carbons (Fsp3) is 0.800. The van der Waals surface area contributed by atoms with Crippen molar-refractivity contribution in [3.05, 3.63) is 0 Å². The summed E-state index contributed by atoms with van der Waals surface area (Å²) in [6, 6.07) is -0.199. The molecule has 0 radical (unpaired) electrons. The molecule has 1 aliphatic heterocycles. The smallest absolute Gasteiger partial charge is 0.410 e. The first-order valence-electron chi connectivity index (χ1n) is 5.12. The molecule has 1 saturated carbocycles. The quantitative estimate of drug-likeness (QED) is 0.668. The number of ketones is 1. The number of carbonyl (C=O) groups excluding carboxylic acids is 2. The van der Waals surface area contributed by atoms with E-state index in [9.17, 15) is 9.59 Å². The summed E-state index contributed by atoms with van der Waals surface area (Å²) in [5, 5.41) is 0. The first-order valence-corrected chi connectivity index (χ1v) is 5.12. The number of hydrogen-bond donors (Lipinski definition) is 0. The molecule has 78 valence electrons. The molecule has 0 spiro atoms. The molecule has 1 amide bonds. The molecule has 2 rings (SSSR count). The van der Waals surface area contributed by atoms with Crippen LogP contribution in [0.3, 0.4) is 0 Å². The maximum absolute atomic E-state index is 11.8. The van der Waals surface area contributed by atoms with Gasteiger partial charge in [-0.05, 0) is 25.7 Å². The van der Waals surface area contributed by atoms with Crippen molar-refractivity contribution in [3.63, 3.8) is 0 Å². The molecule has 1 heterocycles. The molecule has 0 bridgehead atoms. The maximum Gasteiger partial charge on any atom is 0.410 e. The summed E-state index contributed by atoms with van der Waals surface area (Å²) in [7, 11) is 1.36. The van der Waals surface area contributed by atoms with E-state index in [1.807, 2.05) is 0 Å². The zero-order valence-electron chi connectivity index (χ0n) is 8.36. The average Bonchev–Trinajstić information content (AvgIpc) is 2.93. The van der Waals surface area contributed by atoms with Crippen molar-refractivity contribution in [2.24, 2.45) is 5.92 Å². The van der Waals surface area contributed by atoms with E-state index in [2.05, 4.69) is 4.74 Å². The SMILES string of the molecule is COC(=O)N1CCCC1C(=O)C1CC1. The number of carbonyl (C=O) groups is 2. The van der Waals surface area contributed by atoms with E-state index in [0.29, 0.717) is 6.54 Å². The molecular weight excluding hydrogens is 182 g/mol. The molecule has 2 fully saturated rings. The molecule has 2 aliphatic rings. The van der Waals surface area contributed by atoms with Gasteiger partial charge in [0.05, 0.1) is 13.2 Å². The molecule has 4 nitrogen and oxygen atoms in total. The second-order valence-corrected chi connectivity index (χ2v) is 4.00. The number of methoxy groups -OCH3 is 1. The van der Waals surface area contributed by atoms with Crippen LogP contribution in [0.5, 0.6) is 0 Å². The maximum atomic E-state index is 11.8. The first-order chi connectivity index (χ1) is 6.74. The third kappa shape index (κ3) is 1.61. The summed E-state index contributed by atoms with van der Waals surface area (Å²) in [5.41, 5.74) is 0. The largest absolute Gasteiger partial charge is 0.453 e. The number of rotatable bonds is 2. The Balaban J connectivity index is 2.02. The number of amides is 1. The monoisotopic (exact) mass is 197 g/mol.